The van der Waals surface area contributed by atoms with Crippen LogP contribution in [0, 0.1) is 0 Å². The zero-order valence-electron chi connectivity index (χ0n) is 11.7. The molecule has 2 aliphatic rings. The Morgan fingerprint density at radius 1 is 0.714 bits per heavy atom. The molecule has 2 heterocycles. The van der Waals surface area contributed by atoms with E-state index < -0.39 is 0 Å². The van der Waals surface area contributed by atoms with Gasteiger partial charge in [0.25, 0.3) is 0 Å². The molecule has 0 bridgehead atoms. The predicted octanol–water partition coefficient (Wildman–Crippen LogP) is 4.72. The molecule has 1 nitrogen and oxygen atoms in total. The van der Waals surface area contributed by atoms with Gasteiger partial charge in [-0.1, -0.05) is 60.7 Å². The van der Waals surface area contributed by atoms with Gasteiger partial charge in [0.05, 0.1) is 12.2 Å². The molecule has 0 amide bonds. The second-order valence-corrected chi connectivity index (χ2v) is 8.09. The molecule has 108 valence electrons. The Hall–Kier alpha value is -0.900. The van der Waals surface area contributed by atoms with Crippen LogP contribution >= 0.6 is 23.5 Å². The average Bonchev–Trinajstić information content (AvgIpc) is 3.43. The highest BCUT2D eigenvalue weighted by molar-refractivity contribution is 8.07. The van der Waals surface area contributed by atoms with Crippen molar-refractivity contribution < 1.29 is 4.74 Å². The first kappa shape index (κ1) is 13.7. The smallest absolute Gasteiger partial charge is 0.0960 e. The van der Waals surface area contributed by atoms with Crippen LogP contribution in [0.5, 0.6) is 0 Å². The van der Waals surface area contributed by atoms with Crippen molar-refractivity contribution in [1.82, 2.24) is 0 Å². The lowest BCUT2D eigenvalue weighted by Gasteiger charge is -2.25. The van der Waals surface area contributed by atoms with E-state index in [4.69, 9.17) is 4.74 Å². The summed E-state index contributed by atoms with van der Waals surface area (Å²) in [6.45, 7) is 0. The Kier molecular flexibility index (Phi) is 3.97. The second kappa shape index (κ2) is 6.07. The standard InChI is InChI=1S/C18H18OS2/c1-3-7-13(8-4-1)17(15-11-20-15)19-18(16-12-21-16)14-9-5-2-6-10-14/h1-10,15-18H,11-12H2. The molecule has 4 atom stereocenters. The fraction of sp³-hybridized carbons (Fsp3) is 0.333. The van der Waals surface area contributed by atoms with Crippen molar-refractivity contribution in [2.45, 2.75) is 22.7 Å². The van der Waals surface area contributed by atoms with Crippen LogP contribution < -0.4 is 0 Å². The summed E-state index contributed by atoms with van der Waals surface area (Å²) in [6.07, 6.45) is 0.449. The van der Waals surface area contributed by atoms with Crippen molar-refractivity contribution in [3.8, 4) is 0 Å². The second-order valence-electron chi connectivity index (χ2n) is 5.54. The molecule has 0 radical (unpaired) electrons. The first-order chi connectivity index (χ1) is 10.4. The summed E-state index contributed by atoms with van der Waals surface area (Å²) in [5.41, 5.74) is 2.64. The number of hydrogen-bond donors (Lipinski definition) is 0. The molecule has 2 fully saturated rings. The summed E-state index contributed by atoms with van der Waals surface area (Å²) in [5.74, 6) is 2.44. The third kappa shape index (κ3) is 3.31. The van der Waals surface area contributed by atoms with Gasteiger partial charge in [0, 0.05) is 22.0 Å². The van der Waals surface area contributed by atoms with Crippen molar-refractivity contribution in [2.24, 2.45) is 0 Å². The summed E-state index contributed by atoms with van der Waals surface area (Å²) in [4.78, 5) is 0. The SMILES string of the molecule is c1ccc(C(OC(c2ccccc2)C2CS2)C2CS2)cc1. The summed E-state index contributed by atoms with van der Waals surface area (Å²) in [5, 5.41) is 1.25. The van der Waals surface area contributed by atoms with Crippen molar-refractivity contribution in [2.75, 3.05) is 11.5 Å². The Labute approximate surface area is 134 Å². The van der Waals surface area contributed by atoms with Gasteiger partial charge in [0.15, 0.2) is 0 Å². The first-order valence-electron chi connectivity index (χ1n) is 7.40. The molecular weight excluding hydrogens is 296 g/mol. The van der Waals surface area contributed by atoms with Crippen molar-refractivity contribution >= 4 is 23.5 Å². The van der Waals surface area contributed by atoms with E-state index in [-0.39, 0.29) is 12.2 Å². The largest absolute Gasteiger partial charge is 0.363 e. The van der Waals surface area contributed by atoms with Crippen LogP contribution in [-0.4, -0.2) is 22.0 Å². The first-order valence-corrected chi connectivity index (χ1v) is 9.50. The molecule has 0 N–H and O–H groups in total. The Morgan fingerprint density at radius 3 is 1.43 bits per heavy atom. The van der Waals surface area contributed by atoms with Crippen LogP contribution in [0.15, 0.2) is 60.7 Å². The zero-order chi connectivity index (χ0) is 14.1. The highest BCUT2D eigenvalue weighted by atomic mass is 32.2. The molecule has 2 aromatic carbocycles. The summed E-state index contributed by atoms with van der Waals surface area (Å²) >= 11 is 4.02. The van der Waals surface area contributed by atoms with E-state index in [2.05, 4.69) is 60.7 Å². The van der Waals surface area contributed by atoms with E-state index in [9.17, 15) is 0 Å². The predicted molar refractivity (Wildman–Crippen MR) is 91.9 cm³/mol. The maximum atomic E-state index is 6.63. The van der Waals surface area contributed by atoms with Gasteiger partial charge in [-0.3, -0.25) is 0 Å². The van der Waals surface area contributed by atoms with Crippen molar-refractivity contribution in [1.29, 1.82) is 0 Å². The third-order valence-electron chi connectivity index (χ3n) is 3.94. The molecular formula is C18H18OS2. The van der Waals surface area contributed by atoms with Crippen molar-refractivity contribution in [3.63, 3.8) is 0 Å². The number of ether oxygens (including phenoxy) is 1. The molecule has 2 aliphatic heterocycles. The van der Waals surface area contributed by atoms with Gasteiger partial charge in [0.2, 0.25) is 0 Å². The minimum atomic E-state index is 0.225. The quantitative estimate of drug-likeness (QED) is 0.714. The molecule has 4 rings (SSSR count). The number of benzene rings is 2. The highest BCUT2D eigenvalue weighted by Crippen LogP contribution is 2.49. The summed E-state index contributed by atoms with van der Waals surface area (Å²) in [7, 11) is 0. The fourth-order valence-electron chi connectivity index (χ4n) is 2.67. The van der Waals surface area contributed by atoms with Crippen LogP contribution in [-0.2, 0) is 4.74 Å². The minimum absolute atomic E-state index is 0.225. The number of thioether (sulfide) groups is 2. The lowest BCUT2D eigenvalue weighted by Crippen LogP contribution is -2.18. The molecule has 21 heavy (non-hydrogen) atoms. The van der Waals surface area contributed by atoms with Gasteiger partial charge in [0.1, 0.15) is 0 Å². The van der Waals surface area contributed by atoms with Gasteiger partial charge in [-0.25, -0.2) is 0 Å². The van der Waals surface area contributed by atoms with E-state index in [0.29, 0.717) is 10.5 Å². The summed E-state index contributed by atoms with van der Waals surface area (Å²) < 4.78 is 6.63. The van der Waals surface area contributed by atoms with Gasteiger partial charge < -0.3 is 4.74 Å². The van der Waals surface area contributed by atoms with Crippen LogP contribution in [0.4, 0.5) is 0 Å². The van der Waals surface area contributed by atoms with E-state index in [1.54, 1.807) is 0 Å². The van der Waals surface area contributed by atoms with Crippen LogP contribution in [0.25, 0.3) is 0 Å². The average molecular weight is 314 g/mol. The molecule has 0 aliphatic carbocycles. The number of hydrogen-bond acceptors (Lipinski definition) is 3. The summed E-state index contributed by atoms with van der Waals surface area (Å²) in [6, 6.07) is 21.4. The Bertz CT molecular complexity index is 525. The molecule has 2 saturated heterocycles. The van der Waals surface area contributed by atoms with Crippen LogP contribution in [0.1, 0.15) is 23.3 Å². The molecule has 0 aromatic heterocycles. The maximum absolute atomic E-state index is 6.63. The molecule has 4 unspecified atom stereocenters. The lowest BCUT2D eigenvalue weighted by atomic mass is 10.0. The molecule has 3 heteroatoms. The minimum Gasteiger partial charge on any atom is -0.363 e. The highest BCUT2D eigenvalue weighted by Gasteiger charge is 2.41. The van der Waals surface area contributed by atoms with Gasteiger partial charge in [-0.05, 0) is 11.1 Å². The van der Waals surface area contributed by atoms with Crippen molar-refractivity contribution in [3.05, 3.63) is 71.8 Å². The molecule has 0 saturated carbocycles. The normalized spacial score (nSPS) is 26.1. The van der Waals surface area contributed by atoms with Gasteiger partial charge in [-0.2, -0.15) is 23.5 Å². The van der Waals surface area contributed by atoms with Crippen LogP contribution in [0.2, 0.25) is 0 Å². The van der Waals surface area contributed by atoms with E-state index >= 15 is 0 Å². The molecule has 0 spiro atoms. The van der Waals surface area contributed by atoms with E-state index in [1.165, 1.54) is 22.6 Å². The van der Waals surface area contributed by atoms with E-state index in [1.807, 2.05) is 23.5 Å². The Balaban J connectivity index is 1.58. The number of rotatable bonds is 6. The van der Waals surface area contributed by atoms with Crippen LogP contribution in [0.3, 0.4) is 0 Å². The lowest BCUT2D eigenvalue weighted by molar-refractivity contribution is -0.00519. The monoisotopic (exact) mass is 314 g/mol. The van der Waals surface area contributed by atoms with Gasteiger partial charge in [-0.15, -0.1) is 0 Å². The maximum Gasteiger partial charge on any atom is 0.0960 e. The molecule has 2 aromatic rings. The fourth-order valence-corrected chi connectivity index (χ4v) is 4.03. The zero-order valence-corrected chi connectivity index (χ0v) is 13.4. The van der Waals surface area contributed by atoms with Gasteiger partial charge >= 0.3 is 0 Å². The van der Waals surface area contributed by atoms with E-state index in [0.717, 1.165) is 0 Å². The third-order valence-corrected chi connectivity index (χ3v) is 5.87. The Morgan fingerprint density at radius 2 is 1.10 bits per heavy atom. The topological polar surface area (TPSA) is 9.23 Å².